The van der Waals surface area contributed by atoms with Crippen LogP contribution in [0.1, 0.15) is 13.3 Å². The summed E-state index contributed by atoms with van der Waals surface area (Å²) in [4.78, 5) is -0.489. The van der Waals surface area contributed by atoms with Gasteiger partial charge in [0.2, 0.25) is 10.0 Å². The van der Waals surface area contributed by atoms with Gasteiger partial charge in [0.15, 0.2) is 5.82 Å². The summed E-state index contributed by atoms with van der Waals surface area (Å²) in [5.41, 5.74) is 5.17. The predicted octanol–water partition coefficient (Wildman–Crippen LogP) is 2.11. The fraction of sp³-hybridized carbons (Fsp3) is 0.538. The quantitative estimate of drug-likeness (QED) is 0.858. The monoisotopic (exact) mass is 336 g/mol. The maximum Gasteiger partial charge on any atom is 0.246 e. The average molecular weight is 337 g/mol. The summed E-state index contributed by atoms with van der Waals surface area (Å²) in [6, 6.07) is 2.27. The molecule has 2 N–H and O–H groups in total. The second-order valence-electron chi connectivity index (χ2n) is 5.21. The van der Waals surface area contributed by atoms with E-state index in [1.54, 1.807) is 0 Å². The van der Waals surface area contributed by atoms with E-state index in [1.807, 2.05) is 6.92 Å². The number of hydrogen-bond donors (Lipinski definition) is 1. The van der Waals surface area contributed by atoms with E-state index in [9.17, 15) is 12.8 Å². The number of methoxy groups -OCH3 is 1. The SMILES string of the molecule is COC1CN(S(=O)(=O)c2cc(Cl)cc(N)c2F)CCC1C. The van der Waals surface area contributed by atoms with Crippen molar-refractivity contribution in [3.05, 3.63) is 23.0 Å². The standard InChI is InChI=1S/C13H18ClFN2O3S/c1-8-3-4-17(7-11(8)20-2)21(18,19)12-6-9(14)5-10(16)13(12)15/h5-6,8,11H,3-4,7,16H2,1-2H3. The molecule has 0 aliphatic carbocycles. The molecule has 1 fully saturated rings. The number of nitrogens with two attached hydrogens (primary N) is 1. The lowest BCUT2D eigenvalue weighted by molar-refractivity contribution is 0.0183. The van der Waals surface area contributed by atoms with Gasteiger partial charge in [0.1, 0.15) is 4.90 Å². The maximum absolute atomic E-state index is 14.1. The summed E-state index contributed by atoms with van der Waals surface area (Å²) in [6.45, 7) is 2.50. The van der Waals surface area contributed by atoms with Gasteiger partial charge in [-0.25, -0.2) is 12.8 Å². The Labute approximate surface area is 128 Å². The van der Waals surface area contributed by atoms with Gasteiger partial charge in [-0.15, -0.1) is 0 Å². The highest BCUT2D eigenvalue weighted by atomic mass is 35.5. The number of piperidine rings is 1. The third kappa shape index (κ3) is 3.15. The lowest BCUT2D eigenvalue weighted by Gasteiger charge is -2.35. The molecule has 2 rings (SSSR count). The molecule has 0 radical (unpaired) electrons. The molecule has 2 unspecified atom stereocenters. The van der Waals surface area contributed by atoms with Crippen molar-refractivity contribution in [2.75, 3.05) is 25.9 Å². The molecule has 118 valence electrons. The number of rotatable bonds is 3. The second kappa shape index (κ2) is 6.08. The van der Waals surface area contributed by atoms with Crippen LogP contribution in [0.3, 0.4) is 0 Å². The van der Waals surface area contributed by atoms with E-state index >= 15 is 0 Å². The van der Waals surface area contributed by atoms with E-state index in [0.29, 0.717) is 13.0 Å². The van der Waals surface area contributed by atoms with Crippen LogP contribution in [0.5, 0.6) is 0 Å². The van der Waals surface area contributed by atoms with E-state index in [-0.39, 0.29) is 29.3 Å². The van der Waals surface area contributed by atoms with Crippen molar-refractivity contribution in [1.29, 1.82) is 0 Å². The van der Waals surface area contributed by atoms with Crippen LogP contribution in [-0.4, -0.2) is 39.0 Å². The highest BCUT2D eigenvalue weighted by Crippen LogP contribution is 2.30. The number of halogens is 2. The molecule has 1 saturated heterocycles. The summed E-state index contributed by atoms with van der Waals surface area (Å²) >= 11 is 5.79. The summed E-state index contributed by atoms with van der Waals surface area (Å²) in [5, 5.41) is 0.0844. The molecule has 0 amide bonds. The van der Waals surface area contributed by atoms with Crippen LogP contribution in [0, 0.1) is 11.7 Å². The smallest absolute Gasteiger partial charge is 0.246 e. The predicted molar refractivity (Wildman–Crippen MR) is 79.2 cm³/mol. The van der Waals surface area contributed by atoms with E-state index in [4.69, 9.17) is 22.1 Å². The number of sulfonamides is 1. The molecular weight excluding hydrogens is 319 g/mol. The number of nitrogen functional groups attached to an aromatic ring is 1. The molecule has 1 aromatic carbocycles. The van der Waals surface area contributed by atoms with E-state index in [0.717, 1.165) is 6.07 Å². The zero-order valence-corrected chi connectivity index (χ0v) is 13.4. The van der Waals surface area contributed by atoms with Gasteiger partial charge >= 0.3 is 0 Å². The number of ether oxygens (including phenoxy) is 1. The van der Waals surface area contributed by atoms with Gasteiger partial charge in [-0.3, -0.25) is 0 Å². The van der Waals surface area contributed by atoms with Crippen LogP contribution in [0.2, 0.25) is 5.02 Å². The molecular formula is C13H18ClFN2O3S. The van der Waals surface area contributed by atoms with Crippen LogP contribution >= 0.6 is 11.6 Å². The minimum atomic E-state index is -3.99. The third-order valence-corrected chi connectivity index (χ3v) is 5.89. The number of hydrogen-bond acceptors (Lipinski definition) is 4. The van der Waals surface area contributed by atoms with Crippen molar-refractivity contribution in [3.63, 3.8) is 0 Å². The average Bonchev–Trinajstić information content (AvgIpc) is 2.42. The van der Waals surface area contributed by atoms with Crippen molar-refractivity contribution >= 4 is 27.3 Å². The first-order chi connectivity index (χ1) is 9.77. The first-order valence-electron chi connectivity index (χ1n) is 6.54. The second-order valence-corrected chi connectivity index (χ2v) is 7.55. The van der Waals surface area contributed by atoms with Crippen molar-refractivity contribution in [2.45, 2.75) is 24.3 Å². The Hall–Kier alpha value is -0.890. The van der Waals surface area contributed by atoms with Crippen molar-refractivity contribution in [2.24, 2.45) is 5.92 Å². The lowest BCUT2D eigenvalue weighted by atomic mass is 9.97. The van der Waals surface area contributed by atoms with Crippen LogP contribution < -0.4 is 5.73 Å². The first-order valence-corrected chi connectivity index (χ1v) is 8.36. The largest absolute Gasteiger partial charge is 0.396 e. The van der Waals surface area contributed by atoms with Crippen LogP contribution in [0.25, 0.3) is 0 Å². The molecule has 0 aromatic heterocycles. The number of benzene rings is 1. The van der Waals surface area contributed by atoms with Crippen molar-refractivity contribution in [3.8, 4) is 0 Å². The molecule has 2 atom stereocenters. The summed E-state index contributed by atoms with van der Waals surface area (Å²) in [7, 11) is -2.45. The minimum absolute atomic E-state index is 0.0844. The normalized spacial score (nSPS) is 24.2. The van der Waals surface area contributed by atoms with Gasteiger partial charge in [-0.05, 0) is 24.5 Å². The molecule has 5 nitrogen and oxygen atoms in total. The summed E-state index contributed by atoms with van der Waals surface area (Å²) in [6.07, 6.45) is 0.434. The molecule has 1 aromatic rings. The third-order valence-electron chi connectivity index (χ3n) is 3.80. The van der Waals surface area contributed by atoms with Crippen LogP contribution in [-0.2, 0) is 14.8 Å². The van der Waals surface area contributed by atoms with Crippen LogP contribution in [0.15, 0.2) is 17.0 Å². The fourth-order valence-electron chi connectivity index (χ4n) is 2.44. The Morgan fingerprint density at radius 1 is 1.48 bits per heavy atom. The number of anilines is 1. The number of nitrogens with zero attached hydrogens (tertiary/aromatic N) is 1. The molecule has 1 heterocycles. The molecule has 8 heteroatoms. The van der Waals surface area contributed by atoms with Crippen molar-refractivity contribution < 1.29 is 17.5 Å². The van der Waals surface area contributed by atoms with Crippen LogP contribution in [0.4, 0.5) is 10.1 Å². The molecule has 21 heavy (non-hydrogen) atoms. The fourth-order valence-corrected chi connectivity index (χ4v) is 4.32. The Morgan fingerprint density at radius 2 is 2.14 bits per heavy atom. The molecule has 1 aliphatic rings. The Morgan fingerprint density at radius 3 is 2.76 bits per heavy atom. The Bertz CT molecular complexity index is 639. The van der Waals surface area contributed by atoms with E-state index in [1.165, 1.54) is 17.5 Å². The highest BCUT2D eigenvalue weighted by Gasteiger charge is 2.35. The Kier molecular flexibility index (Phi) is 4.77. The maximum atomic E-state index is 14.1. The topological polar surface area (TPSA) is 72.6 Å². The Balaban J connectivity index is 2.39. The zero-order chi connectivity index (χ0) is 15.8. The molecule has 0 saturated carbocycles. The van der Waals surface area contributed by atoms with Gasteiger partial charge in [0, 0.05) is 25.2 Å². The molecule has 1 aliphatic heterocycles. The first kappa shape index (κ1) is 16.5. The minimum Gasteiger partial charge on any atom is -0.396 e. The van der Waals surface area contributed by atoms with Gasteiger partial charge in [-0.1, -0.05) is 18.5 Å². The lowest BCUT2D eigenvalue weighted by Crippen LogP contribution is -2.46. The highest BCUT2D eigenvalue weighted by molar-refractivity contribution is 7.89. The summed E-state index contributed by atoms with van der Waals surface area (Å²) in [5.74, 6) is -0.720. The zero-order valence-electron chi connectivity index (χ0n) is 11.8. The van der Waals surface area contributed by atoms with E-state index < -0.39 is 20.7 Å². The van der Waals surface area contributed by atoms with Gasteiger partial charge in [-0.2, -0.15) is 4.31 Å². The molecule has 0 spiro atoms. The van der Waals surface area contributed by atoms with Gasteiger partial charge in [0.25, 0.3) is 0 Å². The van der Waals surface area contributed by atoms with Gasteiger partial charge < -0.3 is 10.5 Å². The molecule has 0 bridgehead atoms. The van der Waals surface area contributed by atoms with Gasteiger partial charge in [0.05, 0.1) is 11.8 Å². The van der Waals surface area contributed by atoms with E-state index in [2.05, 4.69) is 0 Å². The van der Waals surface area contributed by atoms with Crippen molar-refractivity contribution in [1.82, 2.24) is 4.31 Å². The summed E-state index contributed by atoms with van der Waals surface area (Å²) < 4.78 is 45.8.